The Labute approximate surface area is 163 Å². The van der Waals surface area contributed by atoms with Crippen LogP contribution in [0.3, 0.4) is 0 Å². The van der Waals surface area contributed by atoms with Crippen molar-refractivity contribution in [2.75, 3.05) is 24.8 Å². The van der Waals surface area contributed by atoms with E-state index in [0.717, 1.165) is 20.3 Å². The van der Waals surface area contributed by atoms with E-state index < -0.39 is 0 Å². The summed E-state index contributed by atoms with van der Waals surface area (Å²) >= 11 is 4.81. The number of carbonyl (C=O) groups is 1. The molecule has 3 rings (SSSR count). The van der Waals surface area contributed by atoms with Gasteiger partial charge in [0.25, 0.3) is 5.91 Å². The predicted octanol–water partition coefficient (Wildman–Crippen LogP) is 4.28. The summed E-state index contributed by atoms with van der Waals surface area (Å²) in [5.74, 6) is 0.952. The second-order valence-corrected chi connectivity index (χ2v) is 7.72. The molecule has 1 heterocycles. The maximum Gasteiger partial charge on any atom is 0.262 e. The summed E-state index contributed by atoms with van der Waals surface area (Å²) in [4.78, 5) is 16.5. The quantitative estimate of drug-likeness (QED) is 0.624. The Morgan fingerprint density at radius 2 is 2.08 bits per heavy atom. The van der Waals surface area contributed by atoms with Crippen molar-refractivity contribution < 1.29 is 14.3 Å². The summed E-state index contributed by atoms with van der Waals surface area (Å²) in [5, 5.41) is 3.27. The summed E-state index contributed by atoms with van der Waals surface area (Å²) in [6.45, 7) is 3.84. The second-order valence-electron chi connectivity index (χ2n) is 5.81. The number of ether oxygens (including phenoxy) is 2. The zero-order chi connectivity index (χ0) is 18.8. The molecule has 1 aromatic heterocycles. The van der Waals surface area contributed by atoms with Gasteiger partial charge in [0.1, 0.15) is 17.0 Å². The first-order chi connectivity index (χ1) is 12.4. The number of aromatic nitrogens is 1. The van der Waals surface area contributed by atoms with Crippen LogP contribution < -0.4 is 20.5 Å². The van der Waals surface area contributed by atoms with Crippen molar-refractivity contribution in [3.8, 4) is 11.5 Å². The highest BCUT2D eigenvalue weighted by atomic mass is 79.9. The van der Waals surface area contributed by atoms with E-state index >= 15 is 0 Å². The van der Waals surface area contributed by atoms with Crippen molar-refractivity contribution in [1.29, 1.82) is 0 Å². The first-order valence-electron chi connectivity index (χ1n) is 7.81. The van der Waals surface area contributed by atoms with Crippen molar-refractivity contribution in [1.82, 2.24) is 4.98 Å². The van der Waals surface area contributed by atoms with Gasteiger partial charge < -0.3 is 20.5 Å². The first-order valence-corrected chi connectivity index (χ1v) is 9.41. The Balaban J connectivity index is 1.73. The van der Waals surface area contributed by atoms with Crippen LogP contribution in [0.1, 0.15) is 11.1 Å². The van der Waals surface area contributed by atoms with Crippen LogP contribution in [0.4, 0.5) is 10.8 Å². The van der Waals surface area contributed by atoms with Crippen LogP contribution in [0.15, 0.2) is 28.7 Å². The SMILES string of the molecule is COc1cc(NC(=O)COc2c(C)cc(C)cc2Br)cc2sc(N)nc12. The number of hydrogen-bond donors (Lipinski definition) is 2. The first kappa shape index (κ1) is 18.5. The average Bonchev–Trinajstić information content (AvgIpc) is 2.93. The van der Waals surface area contributed by atoms with Crippen molar-refractivity contribution in [3.05, 3.63) is 39.9 Å². The number of methoxy groups -OCH3 is 1. The Morgan fingerprint density at radius 1 is 1.31 bits per heavy atom. The summed E-state index contributed by atoms with van der Waals surface area (Å²) in [6, 6.07) is 7.49. The minimum absolute atomic E-state index is 0.103. The summed E-state index contributed by atoms with van der Waals surface area (Å²) < 4.78 is 12.7. The minimum atomic E-state index is -0.268. The van der Waals surface area contributed by atoms with Crippen LogP contribution >= 0.6 is 27.3 Å². The molecule has 0 aliphatic carbocycles. The molecule has 3 N–H and O–H groups in total. The standard InChI is InChI=1S/C18H18BrN3O3S/c1-9-4-10(2)17(12(19)5-9)25-8-15(23)21-11-6-13(24-3)16-14(7-11)26-18(20)22-16/h4-7H,8H2,1-3H3,(H2,20,22)(H,21,23). The lowest BCUT2D eigenvalue weighted by Gasteiger charge is -2.12. The molecule has 0 radical (unpaired) electrons. The molecule has 0 saturated carbocycles. The normalized spacial score (nSPS) is 10.8. The van der Waals surface area contributed by atoms with Gasteiger partial charge in [-0.15, -0.1) is 0 Å². The zero-order valence-corrected chi connectivity index (χ0v) is 17.0. The van der Waals surface area contributed by atoms with Gasteiger partial charge in [0.05, 0.1) is 16.3 Å². The molecular formula is C18H18BrN3O3S. The largest absolute Gasteiger partial charge is 0.494 e. The van der Waals surface area contributed by atoms with Gasteiger partial charge in [0.2, 0.25) is 0 Å². The molecule has 6 nitrogen and oxygen atoms in total. The maximum atomic E-state index is 12.3. The number of nitrogen functional groups attached to an aromatic ring is 1. The molecule has 2 aromatic carbocycles. The molecule has 8 heteroatoms. The van der Waals surface area contributed by atoms with Gasteiger partial charge in [0, 0.05) is 11.8 Å². The number of amides is 1. The number of fused-ring (bicyclic) bond motifs is 1. The molecule has 3 aromatic rings. The third kappa shape index (κ3) is 3.91. The fourth-order valence-electron chi connectivity index (χ4n) is 2.66. The van der Waals surface area contributed by atoms with Gasteiger partial charge in [0.15, 0.2) is 11.7 Å². The molecule has 0 saturated heterocycles. The molecular weight excluding hydrogens is 418 g/mol. The number of thiazole rings is 1. The monoisotopic (exact) mass is 435 g/mol. The van der Waals surface area contributed by atoms with Crippen LogP contribution in [0.25, 0.3) is 10.2 Å². The molecule has 0 bridgehead atoms. The van der Waals surface area contributed by atoms with E-state index in [-0.39, 0.29) is 12.5 Å². The fourth-order valence-corrected chi connectivity index (χ4v) is 4.24. The smallest absolute Gasteiger partial charge is 0.262 e. The fraction of sp³-hybridized carbons (Fsp3) is 0.222. The Morgan fingerprint density at radius 3 is 2.77 bits per heavy atom. The molecule has 0 spiro atoms. The Bertz CT molecular complexity index is 964. The summed E-state index contributed by atoms with van der Waals surface area (Å²) in [6.07, 6.45) is 0. The highest BCUT2D eigenvalue weighted by molar-refractivity contribution is 9.10. The van der Waals surface area contributed by atoms with Crippen molar-refractivity contribution in [2.45, 2.75) is 13.8 Å². The lowest BCUT2D eigenvalue weighted by atomic mass is 10.1. The molecule has 1 amide bonds. The van der Waals surface area contributed by atoms with E-state index in [9.17, 15) is 4.79 Å². The van der Waals surface area contributed by atoms with Crippen LogP contribution in [0.5, 0.6) is 11.5 Å². The number of halogens is 1. The third-order valence-corrected chi connectivity index (χ3v) is 5.12. The van der Waals surface area contributed by atoms with E-state index in [1.54, 1.807) is 13.2 Å². The van der Waals surface area contributed by atoms with E-state index in [1.807, 2.05) is 32.0 Å². The highest BCUT2D eigenvalue weighted by Gasteiger charge is 2.13. The van der Waals surface area contributed by atoms with Crippen molar-refractivity contribution in [3.63, 3.8) is 0 Å². The van der Waals surface area contributed by atoms with E-state index in [2.05, 4.69) is 26.2 Å². The third-order valence-electron chi connectivity index (χ3n) is 3.70. The van der Waals surface area contributed by atoms with Crippen molar-refractivity contribution in [2.24, 2.45) is 0 Å². The van der Waals surface area contributed by atoms with Crippen LogP contribution in [-0.4, -0.2) is 24.6 Å². The lowest BCUT2D eigenvalue weighted by molar-refractivity contribution is -0.118. The maximum absolute atomic E-state index is 12.3. The molecule has 0 unspecified atom stereocenters. The molecule has 26 heavy (non-hydrogen) atoms. The molecule has 0 atom stereocenters. The topological polar surface area (TPSA) is 86.5 Å². The molecule has 136 valence electrons. The van der Waals surface area contributed by atoms with E-state index in [1.165, 1.54) is 11.3 Å². The zero-order valence-electron chi connectivity index (χ0n) is 14.6. The Kier molecular flexibility index (Phi) is 5.33. The van der Waals surface area contributed by atoms with E-state index in [0.29, 0.717) is 27.8 Å². The van der Waals surface area contributed by atoms with E-state index in [4.69, 9.17) is 15.2 Å². The average molecular weight is 436 g/mol. The minimum Gasteiger partial charge on any atom is -0.494 e. The van der Waals surface area contributed by atoms with Gasteiger partial charge in [-0.25, -0.2) is 4.98 Å². The number of carbonyl (C=O) groups excluding carboxylic acids is 1. The summed E-state index contributed by atoms with van der Waals surface area (Å²) in [5.41, 5.74) is 9.13. The van der Waals surface area contributed by atoms with Crippen LogP contribution in [-0.2, 0) is 4.79 Å². The molecule has 0 aliphatic rings. The second kappa shape index (κ2) is 7.51. The number of nitrogens with zero attached hydrogens (tertiary/aromatic N) is 1. The van der Waals surface area contributed by atoms with Gasteiger partial charge in [-0.05, 0) is 53.0 Å². The van der Waals surface area contributed by atoms with Crippen LogP contribution in [0, 0.1) is 13.8 Å². The number of nitrogens with one attached hydrogen (secondary N) is 1. The van der Waals surface area contributed by atoms with Crippen molar-refractivity contribution >= 4 is 54.2 Å². The Hall–Kier alpha value is -2.32. The molecule has 0 fully saturated rings. The highest BCUT2D eigenvalue weighted by Crippen LogP contribution is 2.34. The number of hydrogen-bond acceptors (Lipinski definition) is 6. The van der Waals surface area contributed by atoms with Gasteiger partial charge in [-0.3, -0.25) is 4.79 Å². The lowest BCUT2D eigenvalue weighted by Crippen LogP contribution is -2.20. The van der Waals surface area contributed by atoms with Crippen LogP contribution in [0.2, 0.25) is 0 Å². The predicted molar refractivity (Wildman–Crippen MR) is 108 cm³/mol. The summed E-state index contributed by atoms with van der Waals surface area (Å²) in [7, 11) is 1.55. The van der Waals surface area contributed by atoms with Gasteiger partial charge in [-0.1, -0.05) is 17.4 Å². The van der Waals surface area contributed by atoms with Gasteiger partial charge >= 0.3 is 0 Å². The number of anilines is 2. The number of aryl methyl sites for hydroxylation is 2. The van der Waals surface area contributed by atoms with Gasteiger partial charge in [-0.2, -0.15) is 0 Å². The number of benzene rings is 2. The molecule has 0 aliphatic heterocycles. The number of rotatable bonds is 5. The number of nitrogens with two attached hydrogens (primary N) is 1.